The van der Waals surface area contributed by atoms with Gasteiger partial charge in [-0.1, -0.05) is 29.3 Å². The van der Waals surface area contributed by atoms with Crippen LogP contribution in [-0.4, -0.2) is 45.2 Å². The van der Waals surface area contributed by atoms with Crippen LogP contribution in [0.5, 0.6) is 5.88 Å². The fourth-order valence-corrected chi connectivity index (χ4v) is 3.73. The summed E-state index contributed by atoms with van der Waals surface area (Å²) in [6.07, 6.45) is -1.54. The molecule has 1 aliphatic rings. The van der Waals surface area contributed by atoms with Gasteiger partial charge in [0.2, 0.25) is 11.8 Å². The van der Waals surface area contributed by atoms with Crippen LogP contribution < -0.4 is 4.74 Å². The van der Waals surface area contributed by atoms with Gasteiger partial charge in [0.05, 0.1) is 18.3 Å². The topological polar surface area (TPSA) is 59.2 Å². The van der Waals surface area contributed by atoms with Crippen LogP contribution in [0.25, 0.3) is 5.52 Å². The van der Waals surface area contributed by atoms with Crippen LogP contribution in [0.3, 0.4) is 0 Å². The van der Waals surface area contributed by atoms with Crippen molar-refractivity contribution in [3.05, 3.63) is 29.5 Å². The first-order chi connectivity index (χ1) is 13.8. The van der Waals surface area contributed by atoms with Gasteiger partial charge in [-0.2, -0.15) is 27.9 Å². The second-order valence-corrected chi connectivity index (χ2v) is 7.76. The Kier molecular flexibility index (Phi) is 6.50. The fraction of sp³-hybridized carbons (Fsp3) is 0.526. The van der Waals surface area contributed by atoms with Crippen LogP contribution >= 0.6 is 15.9 Å². The van der Waals surface area contributed by atoms with Gasteiger partial charge in [-0.3, -0.25) is 4.79 Å². The van der Waals surface area contributed by atoms with Crippen LogP contribution in [0.2, 0.25) is 0 Å². The lowest BCUT2D eigenvalue weighted by molar-refractivity contribution is -0.141. The molecule has 1 unspecified atom stereocenters. The number of halogens is 4. The highest BCUT2D eigenvalue weighted by Gasteiger charge is 2.36. The molecule has 0 aromatic carbocycles. The van der Waals surface area contributed by atoms with E-state index in [2.05, 4.69) is 26.1 Å². The second-order valence-electron chi connectivity index (χ2n) is 6.97. The number of ether oxygens (including phenoxy) is 1. The van der Waals surface area contributed by atoms with Crippen LogP contribution in [0.1, 0.15) is 43.9 Å². The molecule has 0 aliphatic carbocycles. The Bertz CT molecular complexity index is 926. The molecule has 0 fully saturated rings. The minimum absolute atomic E-state index is 0.0749. The van der Waals surface area contributed by atoms with Crippen LogP contribution in [0, 0.1) is 5.92 Å². The highest BCUT2D eigenvalue weighted by Crippen LogP contribution is 2.33. The van der Waals surface area contributed by atoms with Gasteiger partial charge in [-0.15, -0.1) is 0 Å². The number of nitrogens with zero attached hydrogens (tertiary/aromatic N) is 4. The molecule has 0 radical (unpaired) electrons. The predicted molar refractivity (Wildman–Crippen MR) is 106 cm³/mol. The molecule has 2 aromatic rings. The summed E-state index contributed by atoms with van der Waals surface area (Å²) in [5.41, 5.74) is 0.330. The lowest BCUT2D eigenvalue weighted by Gasteiger charge is -2.28. The maximum absolute atomic E-state index is 13.2. The molecule has 10 heteroatoms. The Labute approximate surface area is 174 Å². The number of carbonyl (C=O) groups excluding carboxylic acids is 1. The van der Waals surface area contributed by atoms with E-state index in [1.165, 1.54) is 12.1 Å². The third kappa shape index (κ3) is 4.57. The Morgan fingerprint density at radius 1 is 1.28 bits per heavy atom. The first-order valence-corrected chi connectivity index (χ1v) is 10.5. The molecule has 1 aliphatic heterocycles. The van der Waals surface area contributed by atoms with E-state index in [-0.39, 0.29) is 29.6 Å². The largest absolute Gasteiger partial charge is 0.481 e. The van der Waals surface area contributed by atoms with Crippen molar-refractivity contribution in [2.24, 2.45) is 11.0 Å². The Hall–Kier alpha value is -2.10. The number of amides is 1. The SMILES string of the molecule is COc1ccc(C2=NN(CCCCCBr)C(=O)CC2C)c2cc(C(F)(F)F)nn12. The summed E-state index contributed by atoms with van der Waals surface area (Å²) >= 11 is 3.38. The zero-order chi connectivity index (χ0) is 21.2. The minimum Gasteiger partial charge on any atom is -0.481 e. The molecule has 3 rings (SSSR count). The van der Waals surface area contributed by atoms with E-state index in [4.69, 9.17) is 4.74 Å². The normalized spacial score (nSPS) is 17.7. The van der Waals surface area contributed by atoms with E-state index in [1.807, 2.05) is 6.92 Å². The van der Waals surface area contributed by atoms with E-state index in [1.54, 1.807) is 12.1 Å². The Morgan fingerprint density at radius 2 is 2.03 bits per heavy atom. The van der Waals surface area contributed by atoms with Gasteiger partial charge in [0.15, 0.2) is 5.69 Å². The summed E-state index contributed by atoms with van der Waals surface area (Å²) in [6.45, 7) is 2.34. The monoisotopic (exact) mass is 474 g/mol. The van der Waals surface area contributed by atoms with Gasteiger partial charge < -0.3 is 4.74 Å². The van der Waals surface area contributed by atoms with Crippen molar-refractivity contribution in [3.63, 3.8) is 0 Å². The molecule has 0 saturated carbocycles. The molecule has 1 amide bonds. The molecule has 0 bridgehead atoms. The number of alkyl halides is 4. The Morgan fingerprint density at radius 3 is 2.69 bits per heavy atom. The maximum atomic E-state index is 13.2. The standard InChI is InChI=1S/C19H22BrF3N4O2/c1-12-10-16(28)26(9-5-3-4-8-20)25-18(12)13-6-7-17(29-2)27-14(13)11-15(24-27)19(21,22)23/h6-7,11-12H,3-5,8-10H2,1-2H3. The van der Waals surface area contributed by atoms with E-state index in [0.717, 1.165) is 35.2 Å². The molecule has 3 heterocycles. The maximum Gasteiger partial charge on any atom is 0.435 e. The number of hydrogen-bond acceptors (Lipinski definition) is 4. The van der Waals surface area contributed by atoms with Crippen LogP contribution in [-0.2, 0) is 11.0 Å². The van der Waals surface area contributed by atoms with Crippen molar-refractivity contribution in [3.8, 4) is 5.88 Å². The van der Waals surface area contributed by atoms with Gasteiger partial charge in [-0.05, 0) is 25.0 Å². The minimum atomic E-state index is -4.58. The molecule has 0 N–H and O–H groups in total. The molecule has 2 aromatic heterocycles. The number of unbranched alkanes of at least 4 members (excludes halogenated alkanes) is 2. The van der Waals surface area contributed by atoms with Crippen LogP contribution in [0.15, 0.2) is 23.3 Å². The van der Waals surface area contributed by atoms with Crippen molar-refractivity contribution in [2.75, 3.05) is 19.0 Å². The van der Waals surface area contributed by atoms with Gasteiger partial charge in [-0.25, -0.2) is 5.01 Å². The average molecular weight is 475 g/mol. The summed E-state index contributed by atoms with van der Waals surface area (Å²) < 4.78 is 46.0. The van der Waals surface area contributed by atoms with Crippen molar-refractivity contribution < 1.29 is 22.7 Å². The molecule has 6 nitrogen and oxygen atoms in total. The number of hydrazone groups is 1. The number of pyridine rings is 1. The second kappa shape index (κ2) is 8.73. The summed E-state index contributed by atoms with van der Waals surface area (Å²) in [7, 11) is 1.37. The lowest BCUT2D eigenvalue weighted by Crippen LogP contribution is -2.37. The van der Waals surface area contributed by atoms with Crippen LogP contribution in [0.4, 0.5) is 13.2 Å². The van der Waals surface area contributed by atoms with Gasteiger partial charge in [0.1, 0.15) is 0 Å². The Balaban J connectivity index is 2.03. The molecule has 1 atom stereocenters. The highest BCUT2D eigenvalue weighted by atomic mass is 79.9. The summed E-state index contributed by atoms with van der Waals surface area (Å²) in [4.78, 5) is 12.4. The van der Waals surface area contributed by atoms with E-state index in [0.29, 0.717) is 17.8 Å². The molecule has 0 saturated heterocycles. The predicted octanol–water partition coefficient (Wildman–Crippen LogP) is 4.50. The summed E-state index contributed by atoms with van der Waals surface area (Å²) in [5.74, 6) is -0.108. The van der Waals surface area contributed by atoms with Gasteiger partial charge >= 0.3 is 6.18 Å². The fourth-order valence-electron chi connectivity index (χ4n) is 3.34. The lowest BCUT2D eigenvalue weighted by atomic mass is 9.93. The van der Waals surface area contributed by atoms with Crippen molar-refractivity contribution in [1.82, 2.24) is 14.6 Å². The third-order valence-corrected chi connectivity index (χ3v) is 5.39. The molecular weight excluding hydrogens is 453 g/mol. The highest BCUT2D eigenvalue weighted by molar-refractivity contribution is 9.09. The van der Waals surface area contributed by atoms with Crippen molar-refractivity contribution in [2.45, 2.75) is 38.8 Å². The average Bonchev–Trinajstić information content (AvgIpc) is 3.12. The first-order valence-electron chi connectivity index (χ1n) is 9.35. The summed E-state index contributed by atoms with van der Waals surface area (Å²) in [5, 5.41) is 10.5. The molecule has 29 heavy (non-hydrogen) atoms. The smallest absolute Gasteiger partial charge is 0.435 e. The first kappa shape index (κ1) is 21.6. The number of fused-ring (bicyclic) bond motifs is 1. The van der Waals surface area contributed by atoms with Gasteiger partial charge in [0.25, 0.3) is 0 Å². The molecular formula is C19H22BrF3N4O2. The zero-order valence-corrected chi connectivity index (χ0v) is 17.8. The van der Waals surface area contributed by atoms with E-state index >= 15 is 0 Å². The number of rotatable bonds is 7. The third-order valence-electron chi connectivity index (χ3n) is 4.83. The number of aromatic nitrogens is 2. The number of methoxy groups -OCH3 is 1. The number of hydrogen-bond donors (Lipinski definition) is 0. The van der Waals surface area contributed by atoms with E-state index in [9.17, 15) is 18.0 Å². The molecule has 158 valence electrons. The van der Waals surface area contributed by atoms with E-state index < -0.39 is 11.9 Å². The van der Waals surface area contributed by atoms with Crippen molar-refractivity contribution >= 4 is 33.1 Å². The number of carbonyl (C=O) groups is 1. The van der Waals surface area contributed by atoms with Gasteiger partial charge in [0, 0.05) is 35.8 Å². The summed E-state index contributed by atoms with van der Waals surface area (Å²) in [6, 6.07) is 4.22. The molecule has 0 spiro atoms. The van der Waals surface area contributed by atoms with Crippen molar-refractivity contribution in [1.29, 1.82) is 0 Å². The zero-order valence-electron chi connectivity index (χ0n) is 16.2. The quantitative estimate of drug-likeness (QED) is 0.438.